The van der Waals surface area contributed by atoms with Crippen molar-refractivity contribution in [3.8, 4) is 5.75 Å². The van der Waals surface area contributed by atoms with Crippen molar-refractivity contribution in [3.63, 3.8) is 0 Å². The molecule has 0 aromatic heterocycles. The lowest BCUT2D eigenvalue weighted by atomic mass is 9.84. The Labute approximate surface area is 183 Å². The fourth-order valence-corrected chi connectivity index (χ4v) is 4.83. The number of carbonyl (C=O) groups is 2. The van der Waals surface area contributed by atoms with Gasteiger partial charge in [0.2, 0.25) is 0 Å². The Bertz CT molecular complexity index is 980. The number of carbonyl (C=O) groups excluding carboxylic acids is 2. The van der Waals surface area contributed by atoms with Gasteiger partial charge in [-0.05, 0) is 49.3 Å². The molecule has 2 saturated carbocycles. The number of hydrogen-bond acceptors (Lipinski definition) is 6. The summed E-state index contributed by atoms with van der Waals surface area (Å²) in [4.78, 5) is 30.5. The number of Topliss-reactive ketones (excluding diaryl/α,β-unsaturated/α-hetero) is 2. The molecule has 31 heavy (non-hydrogen) atoms. The summed E-state index contributed by atoms with van der Waals surface area (Å²) in [7, 11) is 1.69. The van der Waals surface area contributed by atoms with Crippen LogP contribution in [0.1, 0.15) is 25.7 Å². The SMILES string of the molecule is COc1ccc2cccc(N3CCN(CC(N)(C(=O)C4CC4)C(=O)C4CC4)CC3)c2c1. The van der Waals surface area contributed by atoms with E-state index in [0.717, 1.165) is 57.6 Å². The van der Waals surface area contributed by atoms with E-state index >= 15 is 0 Å². The van der Waals surface area contributed by atoms with E-state index in [9.17, 15) is 9.59 Å². The number of nitrogens with two attached hydrogens (primary N) is 1. The maximum atomic E-state index is 13.0. The van der Waals surface area contributed by atoms with E-state index in [-0.39, 0.29) is 23.4 Å². The fraction of sp³-hybridized carbons (Fsp3) is 0.520. The molecule has 2 aromatic carbocycles. The summed E-state index contributed by atoms with van der Waals surface area (Å²) >= 11 is 0. The number of nitrogens with zero attached hydrogens (tertiary/aromatic N) is 2. The van der Waals surface area contributed by atoms with E-state index in [1.165, 1.54) is 16.5 Å². The highest BCUT2D eigenvalue weighted by atomic mass is 16.5. The number of benzene rings is 2. The van der Waals surface area contributed by atoms with Gasteiger partial charge in [-0.3, -0.25) is 14.5 Å². The van der Waals surface area contributed by atoms with Crippen LogP contribution in [0.2, 0.25) is 0 Å². The number of rotatable bonds is 8. The third-order valence-corrected chi connectivity index (χ3v) is 7.03. The molecule has 6 nitrogen and oxygen atoms in total. The van der Waals surface area contributed by atoms with E-state index in [0.29, 0.717) is 6.54 Å². The molecule has 5 rings (SSSR count). The highest BCUT2D eigenvalue weighted by Crippen LogP contribution is 2.39. The summed E-state index contributed by atoms with van der Waals surface area (Å²) in [6.45, 7) is 3.60. The second-order valence-electron chi connectivity index (χ2n) is 9.38. The molecule has 0 unspecified atom stereocenters. The highest BCUT2D eigenvalue weighted by molar-refractivity contribution is 6.14. The molecule has 2 N–H and O–H groups in total. The van der Waals surface area contributed by atoms with E-state index in [2.05, 4.69) is 40.1 Å². The van der Waals surface area contributed by atoms with Crippen molar-refractivity contribution in [2.75, 3.05) is 44.7 Å². The minimum absolute atomic E-state index is 0.000322. The molecular formula is C25H31N3O3. The Morgan fingerprint density at radius 3 is 2.23 bits per heavy atom. The first-order valence-corrected chi connectivity index (χ1v) is 11.4. The zero-order chi connectivity index (χ0) is 21.6. The van der Waals surface area contributed by atoms with Gasteiger partial charge in [0.05, 0.1) is 7.11 Å². The van der Waals surface area contributed by atoms with Crippen molar-refractivity contribution < 1.29 is 14.3 Å². The lowest BCUT2D eigenvalue weighted by Crippen LogP contribution is -2.64. The number of ether oxygens (including phenoxy) is 1. The predicted octanol–water partition coefficient (Wildman–Crippen LogP) is 2.63. The number of anilines is 1. The van der Waals surface area contributed by atoms with Crippen molar-refractivity contribution in [3.05, 3.63) is 36.4 Å². The second kappa shape index (κ2) is 7.92. The maximum absolute atomic E-state index is 13.0. The molecule has 3 aliphatic rings. The molecule has 1 saturated heterocycles. The molecule has 0 atom stereocenters. The zero-order valence-corrected chi connectivity index (χ0v) is 18.2. The Hall–Kier alpha value is -2.44. The van der Waals surface area contributed by atoms with Crippen LogP contribution in [0, 0.1) is 11.8 Å². The number of ketones is 2. The van der Waals surface area contributed by atoms with Crippen molar-refractivity contribution in [1.82, 2.24) is 4.90 Å². The van der Waals surface area contributed by atoms with Gasteiger partial charge < -0.3 is 15.4 Å². The normalized spacial score (nSPS) is 20.1. The Morgan fingerprint density at radius 1 is 1.00 bits per heavy atom. The molecule has 0 radical (unpaired) electrons. The number of piperazine rings is 1. The molecule has 6 heteroatoms. The van der Waals surface area contributed by atoms with Crippen LogP contribution < -0.4 is 15.4 Å². The third kappa shape index (κ3) is 3.94. The maximum Gasteiger partial charge on any atom is 0.164 e. The fourth-order valence-electron chi connectivity index (χ4n) is 4.83. The van der Waals surface area contributed by atoms with E-state index in [1.54, 1.807) is 7.11 Å². The standard InChI is InChI=1S/C25H31N3O3/c1-31-20-10-9-17-3-2-4-22(21(17)15-20)28-13-11-27(12-14-28)16-25(26,23(29)18-5-6-18)24(30)19-7-8-19/h2-4,9-10,15,18-19H,5-8,11-14,16,26H2,1H3. The summed E-state index contributed by atoms with van der Waals surface area (Å²) < 4.78 is 5.43. The third-order valence-electron chi connectivity index (χ3n) is 7.03. The molecule has 1 aliphatic heterocycles. The molecule has 3 fully saturated rings. The lowest BCUT2D eigenvalue weighted by molar-refractivity contribution is -0.137. The van der Waals surface area contributed by atoms with Gasteiger partial charge in [-0.15, -0.1) is 0 Å². The van der Waals surface area contributed by atoms with Crippen molar-refractivity contribution in [2.24, 2.45) is 17.6 Å². The van der Waals surface area contributed by atoms with Gasteiger partial charge in [0.25, 0.3) is 0 Å². The summed E-state index contributed by atoms with van der Waals surface area (Å²) in [5.41, 5.74) is 6.45. The Morgan fingerprint density at radius 2 is 1.65 bits per heavy atom. The number of hydrogen-bond donors (Lipinski definition) is 1. The van der Waals surface area contributed by atoms with Crippen LogP contribution in [0.4, 0.5) is 5.69 Å². The predicted molar refractivity (Wildman–Crippen MR) is 122 cm³/mol. The summed E-state index contributed by atoms with van der Waals surface area (Å²) in [6, 6.07) is 12.5. The first kappa shape index (κ1) is 20.5. The van der Waals surface area contributed by atoms with E-state index in [1.807, 2.05) is 6.07 Å². The smallest absolute Gasteiger partial charge is 0.164 e. The molecule has 0 spiro atoms. The average Bonchev–Trinajstić information content (AvgIpc) is 3.71. The minimum Gasteiger partial charge on any atom is -0.497 e. The van der Waals surface area contributed by atoms with E-state index < -0.39 is 5.54 Å². The minimum atomic E-state index is -1.32. The largest absolute Gasteiger partial charge is 0.497 e. The van der Waals surface area contributed by atoms with Gasteiger partial charge in [-0.2, -0.15) is 0 Å². The topological polar surface area (TPSA) is 75.9 Å². The molecular weight excluding hydrogens is 390 g/mol. The summed E-state index contributed by atoms with van der Waals surface area (Å²) in [6.07, 6.45) is 3.53. The van der Waals surface area contributed by atoms with Crippen LogP contribution in [-0.2, 0) is 9.59 Å². The quantitative estimate of drug-likeness (QED) is 0.661. The van der Waals surface area contributed by atoms with Crippen molar-refractivity contribution in [1.29, 1.82) is 0 Å². The van der Waals surface area contributed by atoms with Crippen LogP contribution in [0.25, 0.3) is 10.8 Å². The first-order chi connectivity index (χ1) is 15.0. The average molecular weight is 422 g/mol. The van der Waals surface area contributed by atoms with Crippen molar-refractivity contribution in [2.45, 2.75) is 31.2 Å². The van der Waals surface area contributed by atoms with Crippen LogP contribution in [0.5, 0.6) is 5.75 Å². The van der Waals surface area contributed by atoms with Gasteiger partial charge in [-0.25, -0.2) is 0 Å². The summed E-state index contributed by atoms with van der Waals surface area (Å²) in [5.74, 6) is 0.809. The summed E-state index contributed by atoms with van der Waals surface area (Å²) in [5, 5.41) is 2.36. The molecule has 2 aliphatic carbocycles. The number of fused-ring (bicyclic) bond motifs is 1. The second-order valence-corrected chi connectivity index (χ2v) is 9.38. The molecule has 1 heterocycles. The van der Waals surface area contributed by atoms with Gasteiger partial charge in [0, 0.05) is 55.6 Å². The molecule has 2 aromatic rings. The first-order valence-electron chi connectivity index (χ1n) is 11.4. The van der Waals surface area contributed by atoms with Gasteiger partial charge in [-0.1, -0.05) is 18.2 Å². The Balaban J connectivity index is 1.30. The van der Waals surface area contributed by atoms with Gasteiger partial charge in [0.15, 0.2) is 11.6 Å². The van der Waals surface area contributed by atoms with Crippen LogP contribution >= 0.6 is 0 Å². The monoisotopic (exact) mass is 421 g/mol. The van der Waals surface area contributed by atoms with Gasteiger partial charge >= 0.3 is 0 Å². The zero-order valence-electron chi connectivity index (χ0n) is 18.2. The molecule has 0 bridgehead atoms. The van der Waals surface area contributed by atoms with E-state index in [4.69, 9.17) is 10.5 Å². The number of methoxy groups -OCH3 is 1. The highest BCUT2D eigenvalue weighted by Gasteiger charge is 2.52. The molecule has 0 amide bonds. The Kier molecular flexibility index (Phi) is 5.22. The van der Waals surface area contributed by atoms with Crippen LogP contribution in [-0.4, -0.2) is 61.8 Å². The van der Waals surface area contributed by atoms with Crippen molar-refractivity contribution >= 4 is 28.0 Å². The van der Waals surface area contributed by atoms with Gasteiger partial charge in [0.1, 0.15) is 11.3 Å². The van der Waals surface area contributed by atoms with Crippen LogP contribution in [0.3, 0.4) is 0 Å². The lowest BCUT2D eigenvalue weighted by Gasteiger charge is -2.40. The molecule has 164 valence electrons. The van der Waals surface area contributed by atoms with Crippen LogP contribution in [0.15, 0.2) is 36.4 Å².